The molecule has 0 amide bonds. The molecule has 2 N–H and O–H groups in total. The highest BCUT2D eigenvalue weighted by Gasteiger charge is 2.54. The molecule has 6 rings (SSSR count). The minimum Gasteiger partial charge on any atom is -0.385 e. The van der Waals surface area contributed by atoms with Crippen LogP contribution in [0.15, 0.2) is 79.5 Å². The van der Waals surface area contributed by atoms with Gasteiger partial charge in [-0.15, -0.1) is 6.58 Å². The predicted molar refractivity (Wildman–Crippen MR) is 123 cm³/mol. The Kier molecular flexibility index (Phi) is 5.39. The van der Waals surface area contributed by atoms with Gasteiger partial charge in [0.2, 0.25) is 0 Å². The number of hydrogen-bond donors (Lipinski definition) is 2. The first-order valence-electron chi connectivity index (χ1n) is 11.3. The van der Waals surface area contributed by atoms with Crippen LogP contribution < -0.4 is 0 Å². The number of aliphatic hydroxyl groups is 2. The molecule has 3 fully saturated rings. The second-order valence-electron chi connectivity index (χ2n) is 9.37. The van der Waals surface area contributed by atoms with Crippen LogP contribution in [0.4, 0.5) is 0 Å². The lowest BCUT2D eigenvalue weighted by Crippen LogP contribution is -2.69. The Bertz CT molecular complexity index is 1060. The third kappa shape index (κ3) is 3.59. The van der Waals surface area contributed by atoms with Crippen LogP contribution in [0.1, 0.15) is 30.1 Å². The van der Waals surface area contributed by atoms with Gasteiger partial charge in [-0.25, -0.2) is 0 Å². The first-order valence-corrected chi connectivity index (χ1v) is 11.3. The van der Waals surface area contributed by atoms with Crippen LogP contribution in [-0.4, -0.2) is 44.9 Å². The highest BCUT2D eigenvalue weighted by atomic mass is 16.3. The van der Waals surface area contributed by atoms with Gasteiger partial charge in [0.15, 0.2) is 0 Å². The summed E-state index contributed by atoms with van der Waals surface area (Å²) < 4.78 is 0.818. The summed E-state index contributed by atoms with van der Waals surface area (Å²) in [6, 6.07) is 20.2. The Labute approximate surface area is 184 Å². The Balaban J connectivity index is 1.50. The van der Waals surface area contributed by atoms with Crippen molar-refractivity contribution in [3.05, 3.63) is 90.6 Å². The number of quaternary nitrogens is 1. The summed E-state index contributed by atoms with van der Waals surface area (Å²) in [5.41, 5.74) is 2.89. The first kappa shape index (κ1) is 20.4. The lowest BCUT2D eigenvalue weighted by Gasteiger charge is -2.58. The monoisotopic (exact) mass is 415 g/mol. The minimum atomic E-state index is -0.940. The largest absolute Gasteiger partial charge is 0.385 e. The SMILES string of the molecule is C=CC1C[N@+]2(Cc3ccccc3)CC[C@H]1C[C@@H]2[C@@H](O)C(O)c1ccnc2ccccc12. The molecule has 4 heterocycles. The molecule has 4 nitrogen and oxygen atoms in total. The minimum absolute atomic E-state index is 0.00270. The maximum atomic E-state index is 11.6. The average Bonchev–Trinajstić information content (AvgIpc) is 2.83. The third-order valence-electron chi connectivity index (χ3n) is 7.74. The van der Waals surface area contributed by atoms with E-state index in [-0.39, 0.29) is 6.04 Å². The van der Waals surface area contributed by atoms with Gasteiger partial charge >= 0.3 is 0 Å². The van der Waals surface area contributed by atoms with Crippen molar-refractivity contribution in [2.75, 3.05) is 13.1 Å². The van der Waals surface area contributed by atoms with E-state index in [1.807, 2.05) is 36.4 Å². The summed E-state index contributed by atoms with van der Waals surface area (Å²) in [7, 11) is 0. The molecule has 3 saturated heterocycles. The Morgan fingerprint density at radius 3 is 2.65 bits per heavy atom. The van der Waals surface area contributed by atoms with E-state index < -0.39 is 12.2 Å². The standard InChI is InChI=1S/C27H31N2O2/c1-2-20-18-29(17-19-8-4-3-5-9-19)15-13-21(20)16-25(29)27(31)26(30)23-12-14-28-24-11-7-6-10-22(23)24/h2-12,14,20-21,25-27,30-31H,1,13,15-18H2/q+1/t20?,21-,25+,26?,27+,29+/m0/s1. The fourth-order valence-corrected chi connectivity index (χ4v) is 6.13. The van der Waals surface area contributed by atoms with Crippen molar-refractivity contribution in [1.82, 2.24) is 4.98 Å². The van der Waals surface area contributed by atoms with Crippen LogP contribution in [-0.2, 0) is 6.54 Å². The fraction of sp³-hybridized carbons (Fsp3) is 0.370. The quantitative estimate of drug-likeness (QED) is 0.468. The molecule has 4 heteroatoms. The number of fused-ring (bicyclic) bond motifs is 4. The van der Waals surface area contributed by atoms with Gasteiger partial charge in [0.05, 0.1) is 18.6 Å². The number of hydrogen-bond acceptors (Lipinski definition) is 3. The highest BCUT2D eigenvalue weighted by Crippen LogP contribution is 2.46. The van der Waals surface area contributed by atoms with Crippen molar-refractivity contribution in [3.63, 3.8) is 0 Å². The van der Waals surface area contributed by atoms with E-state index in [0.29, 0.717) is 11.8 Å². The first-order chi connectivity index (χ1) is 15.1. The van der Waals surface area contributed by atoms with Crippen molar-refractivity contribution in [1.29, 1.82) is 0 Å². The summed E-state index contributed by atoms with van der Waals surface area (Å²) in [5.74, 6) is 1.01. The highest BCUT2D eigenvalue weighted by molar-refractivity contribution is 5.82. The summed E-state index contributed by atoms with van der Waals surface area (Å²) in [6.45, 7) is 7.00. The summed E-state index contributed by atoms with van der Waals surface area (Å²) in [6.07, 6.45) is 4.14. The van der Waals surface area contributed by atoms with Gasteiger partial charge in [0.1, 0.15) is 24.8 Å². The number of nitrogens with zero attached hydrogens (tertiary/aromatic N) is 2. The predicted octanol–water partition coefficient (Wildman–Crippen LogP) is 4.24. The van der Waals surface area contributed by atoms with Crippen molar-refractivity contribution in [2.24, 2.45) is 11.8 Å². The maximum Gasteiger partial charge on any atom is 0.136 e. The van der Waals surface area contributed by atoms with Gasteiger partial charge in [0.25, 0.3) is 0 Å². The van der Waals surface area contributed by atoms with E-state index in [2.05, 4.69) is 41.9 Å². The van der Waals surface area contributed by atoms with E-state index in [1.165, 1.54) is 5.56 Å². The zero-order valence-electron chi connectivity index (χ0n) is 17.8. The molecular formula is C27H31N2O2+. The number of piperidine rings is 3. The Hall–Kier alpha value is -2.53. The molecule has 2 bridgehead atoms. The molecule has 2 unspecified atom stereocenters. The number of aliphatic hydroxyl groups excluding tert-OH is 2. The number of aromatic nitrogens is 1. The van der Waals surface area contributed by atoms with E-state index in [9.17, 15) is 10.2 Å². The zero-order chi connectivity index (χ0) is 21.4. The van der Waals surface area contributed by atoms with Crippen molar-refractivity contribution >= 4 is 10.9 Å². The lowest BCUT2D eigenvalue weighted by atomic mass is 9.71. The van der Waals surface area contributed by atoms with Gasteiger partial charge in [-0.1, -0.05) is 54.6 Å². The van der Waals surface area contributed by atoms with E-state index >= 15 is 0 Å². The van der Waals surface area contributed by atoms with Crippen molar-refractivity contribution in [2.45, 2.75) is 37.6 Å². The lowest BCUT2D eigenvalue weighted by molar-refractivity contribution is -0.984. The van der Waals surface area contributed by atoms with Crippen LogP contribution in [0, 0.1) is 11.8 Å². The van der Waals surface area contributed by atoms with E-state index in [0.717, 1.165) is 53.4 Å². The normalized spacial score (nSPS) is 29.5. The molecule has 0 radical (unpaired) electrons. The van der Waals surface area contributed by atoms with Crippen molar-refractivity contribution < 1.29 is 14.7 Å². The molecule has 6 atom stereocenters. The molecule has 1 aromatic heterocycles. The van der Waals surface area contributed by atoms with Gasteiger partial charge < -0.3 is 14.7 Å². The van der Waals surface area contributed by atoms with Gasteiger partial charge in [-0.2, -0.15) is 0 Å². The number of benzene rings is 2. The second kappa shape index (κ2) is 8.19. The van der Waals surface area contributed by atoms with Gasteiger partial charge in [0, 0.05) is 35.9 Å². The van der Waals surface area contributed by atoms with Crippen LogP contribution in [0.3, 0.4) is 0 Å². The number of rotatable bonds is 6. The molecule has 3 aromatic rings. The Morgan fingerprint density at radius 1 is 1.06 bits per heavy atom. The number of pyridine rings is 1. The molecule has 2 aromatic carbocycles. The Morgan fingerprint density at radius 2 is 1.84 bits per heavy atom. The summed E-state index contributed by atoms with van der Waals surface area (Å²) in [5, 5.41) is 23.8. The zero-order valence-corrected chi connectivity index (χ0v) is 17.8. The van der Waals surface area contributed by atoms with Gasteiger partial charge in [-0.05, 0) is 23.6 Å². The molecular weight excluding hydrogens is 384 g/mol. The molecule has 0 saturated carbocycles. The molecule has 0 aliphatic carbocycles. The smallest absolute Gasteiger partial charge is 0.136 e. The average molecular weight is 416 g/mol. The molecule has 3 aliphatic heterocycles. The van der Waals surface area contributed by atoms with Crippen LogP contribution >= 0.6 is 0 Å². The maximum absolute atomic E-state index is 11.6. The van der Waals surface area contributed by atoms with Gasteiger partial charge in [-0.3, -0.25) is 4.98 Å². The topological polar surface area (TPSA) is 53.4 Å². The van der Waals surface area contributed by atoms with E-state index in [1.54, 1.807) is 6.20 Å². The summed E-state index contributed by atoms with van der Waals surface area (Å²) >= 11 is 0. The van der Waals surface area contributed by atoms with Crippen LogP contribution in [0.2, 0.25) is 0 Å². The number of para-hydroxylation sites is 1. The third-order valence-corrected chi connectivity index (χ3v) is 7.74. The fourth-order valence-electron chi connectivity index (χ4n) is 6.13. The molecule has 3 aliphatic rings. The van der Waals surface area contributed by atoms with E-state index in [4.69, 9.17) is 0 Å². The van der Waals surface area contributed by atoms with Crippen molar-refractivity contribution in [3.8, 4) is 0 Å². The molecule has 0 spiro atoms. The molecule has 31 heavy (non-hydrogen) atoms. The second-order valence-corrected chi connectivity index (χ2v) is 9.37. The van der Waals surface area contributed by atoms with Crippen LogP contribution in [0.25, 0.3) is 10.9 Å². The molecule has 160 valence electrons. The van der Waals surface area contributed by atoms with Crippen LogP contribution in [0.5, 0.6) is 0 Å². The summed E-state index contributed by atoms with van der Waals surface area (Å²) in [4.78, 5) is 4.42.